The third kappa shape index (κ3) is 3.77. The lowest BCUT2D eigenvalue weighted by Crippen LogP contribution is -2.10. The number of halogens is 1. The Morgan fingerprint density at radius 3 is 2.60 bits per heavy atom. The van der Waals surface area contributed by atoms with Gasteiger partial charge in [-0.1, -0.05) is 6.92 Å². The summed E-state index contributed by atoms with van der Waals surface area (Å²) in [5.74, 6) is 0. The summed E-state index contributed by atoms with van der Waals surface area (Å²) in [5, 5.41) is 0.0823. The molecule has 1 heterocycles. The van der Waals surface area contributed by atoms with Gasteiger partial charge in [-0.25, -0.2) is 13.4 Å². The van der Waals surface area contributed by atoms with Crippen molar-refractivity contribution >= 4 is 22.2 Å². The summed E-state index contributed by atoms with van der Waals surface area (Å²) < 4.78 is 22.4. The van der Waals surface area contributed by atoms with E-state index in [1.54, 1.807) is 6.07 Å². The Labute approximate surface area is 96.2 Å². The molecule has 0 amide bonds. The van der Waals surface area contributed by atoms with Crippen LogP contribution in [0.15, 0.2) is 23.4 Å². The third-order valence-electron chi connectivity index (χ3n) is 2.01. The van der Waals surface area contributed by atoms with Crippen LogP contribution in [0.4, 0.5) is 0 Å². The fourth-order valence-electron chi connectivity index (χ4n) is 1.09. The van der Waals surface area contributed by atoms with Crippen molar-refractivity contribution in [3.05, 3.63) is 23.9 Å². The van der Waals surface area contributed by atoms with E-state index in [1.807, 2.05) is 6.92 Å². The summed E-state index contributed by atoms with van der Waals surface area (Å²) in [7, 11) is -3.23. The highest BCUT2D eigenvalue weighted by Crippen LogP contribution is 2.15. The maximum absolute atomic E-state index is 11.2. The van der Waals surface area contributed by atoms with Gasteiger partial charge in [-0.3, -0.25) is 0 Å². The zero-order chi connectivity index (χ0) is 10.8. The first-order valence-electron chi connectivity index (χ1n) is 4.36. The predicted molar refractivity (Wildman–Crippen MR) is 61.8 cm³/mol. The van der Waals surface area contributed by atoms with Crippen LogP contribution in [-0.2, 0) is 9.84 Å². The number of hydrogen-bond acceptors (Lipinski definition) is 4. The van der Waals surface area contributed by atoms with Gasteiger partial charge in [0.05, 0.1) is 0 Å². The first kappa shape index (κ1) is 14.3. The van der Waals surface area contributed by atoms with Crippen LogP contribution in [0.5, 0.6) is 0 Å². The molecule has 0 aliphatic heterocycles. The van der Waals surface area contributed by atoms with Gasteiger partial charge < -0.3 is 5.73 Å². The van der Waals surface area contributed by atoms with Gasteiger partial charge in [-0.15, -0.1) is 12.4 Å². The highest BCUT2D eigenvalue weighted by Gasteiger charge is 2.11. The molecule has 0 radical (unpaired) electrons. The molecule has 1 aromatic heterocycles. The smallest absolute Gasteiger partial charge is 0.192 e. The van der Waals surface area contributed by atoms with E-state index in [-0.39, 0.29) is 23.5 Å². The zero-order valence-electron chi connectivity index (χ0n) is 8.67. The molecule has 1 unspecified atom stereocenters. The van der Waals surface area contributed by atoms with Crippen LogP contribution in [0.3, 0.4) is 0 Å². The topological polar surface area (TPSA) is 73.0 Å². The average molecular weight is 251 g/mol. The summed E-state index contributed by atoms with van der Waals surface area (Å²) in [6.07, 6.45) is 3.38. The van der Waals surface area contributed by atoms with Crippen molar-refractivity contribution in [3.63, 3.8) is 0 Å². The van der Waals surface area contributed by atoms with Gasteiger partial charge in [0.1, 0.15) is 0 Å². The molecule has 0 saturated carbocycles. The molecular formula is C9H15ClN2O2S. The monoisotopic (exact) mass is 250 g/mol. The van der Waals surface area contributed by atoms with Crippen molar-refractivity contribution in [1.82, 2.24) is 4.98 Å². The Morgan fingerprint density at radius 1 is 1.53 bits per heavy atom. The standard InChI is InChI=1S/C9H14N2O2S.ClH/c1-3-8(10)7-4-5-11-9(6-7)14(2,12)13;/h4-6,8H,3,10H2,1-2H3;1H. The van der Waals surface area contributed by atoms with E-state index in [1.165, 1.54) is 12.3 Å². The molecule has 0 aliphatic rings. The average Bonchev–Trinajstić information content (AvgIpc) is 2.15. The van der Waals surface area contributed by atoms with Gasteiger partial charge in [-0.2, -0.15) is 0 Å². The predicted octanol–water partition coefficient (Wildman–Crippen LogP) is 1.32. The van der Waals surface area contributed by atoms with Crippen LogP contribution in [0.25, 0.3) is 0 Å². The number of nitrogens with zero attached hydrogens (tertiary/aromatic N) is 1. The number of rotatable bonds is 3. The molecule has 1 aromatic rings. The summed E-state index contributed by atoms with van der Waals surface area (Å²) >= 11 is 0. The highest BCUT2D eigenvalue weighted by atomic mass is 35.5. The normalized spacial score (nSPS) is 13.0. The summed E-state index contributed by atoms with van der Waals surface area (Å²) in [6.45, 7) is 1.95. The van der Waals surface area contributed by atoms with E-state index in [2.05, 4.69) is 4.98 Å². The molecule has 15 heavy (non-hydrogen) atoms. The molecule has 6 heteroatoms. The molecule has 0 aromatic carbocycles. The number of aromatic nitrogens is 1. The quantitative estimate of drug-likeness (QED) is 0.878. The Bertz CT molecular complexity index is 420. The fourth-order valence-corrected chi connectivity index (χ4v) is 1.70. The first-order valence-corrected chi connectivity index (χ1v) is 6.26. The Morgan fingerprint density at radius 2 is 2.13 bits per heavy atom. The zero-order valence-corrected chi connectivity index (χ0v) is 10.3. The number of nitrogens with two attached hydrogens (primary N) is 1. The molecule has 1 rings (SSSR count). The fraction of sp³-hybridized carbons (Fsp3) is 0.444. The molecule has 0 spiro atoms. The van der Waals surface area contributed by atoms with E-state index in [9.17, 15) is 8.42 Å². The largest absolute Gasteiger partial charge is 0.324 e. The van der Waals surface area contributed by atoms with E-state index >= 15 is 0 Å². The van der Waals surface area contributed by atoms with Crippen LogP contribution in [0.1, 0.15) is 24.9 Å². The minimum absolute atomic E-state index is 0. The highest BCUT2D eigenvalue weighted by molar-refractivity contribution is 7.90. The van der Waals surface area contributed by atoms with Crippen molar-refractivity contribution in [3.8, 4) is 0 Å². The van der Waals surface area contributed by atoms with Gasteiger partial charge in [0.25, 0.3) is 0 Å². The molecule has 0 saturated heterocycles. The Hall–Kier alpha value is -0.650. The van der Waals surface area contributed by atoms with Crippen molar-refractivity contribution in [2.75, 3.05) is 6.26 Å². The minimum Gasteiger partial charge on any atom is -0.324 e. The lowest BCUT2D eigenvalue weighted by Gasteiger charge is -2.09. The molecule has 86 valence electrons. The lowest BCUT2D eigenvalue weighted by molar-refractivity contribution is 0.597. The van der Waals surface area contributed by atoms with Crippen molar-refractivity contribution in [1.29, 1.82) is 0 Å². The van der Waals surface area contributed by atoms with Crippen molar-refractivity contribution < 1.29 is 8.42 Å². The molecule has 0 fully saturated rings. The van der Waals surface area contributed by atoms with E-state index in [4.69, 9.17) is 5.73 Å². The van der Waals surface area contributed by atoms with Crippen LogP contribution in [0.2, 0.25) is 0 Å². The van der Waals surface area contributed by atoms with Crippen LogP contribution in [0, 0.1) is 0 Å². The van der Waals surface area contributed by atoms with Crippen molar-refractivity contribution in [2.24, 2.45) is 5.73 Å². The lowest BCUT2D eigenvalue weighted by atomic mass is 10.1. The second-order valence-corrected chi connectivity index (χ2v) is 5.18. The van der Waals surface area contributed by atoms with Gasteiger partial charge in [-0.05, 0) is 24.1 Å². The first-order chi connectivity index (χ1) is 6.45. The maximum Gasteiger partial charge on any atom is 0.192 e. The molecule has 1 atom stereocenters. The SMILES string of the molecule is CCC(N)c1ccnc(S(C)(=O)=O)c1.Cl. The maximum atomic E-state index is 11.2. The Balaban J connectivity index is 0.00000196. The van der Waals surface area contributed by atoms with Crippen LogP contribution < -0.4 is 5.73 Å². The number of pyridine rings is 1. The van der Waals surface area contributed by atoms with Gasteiger partial charge >= 0.3 is 0 Å². The molecular weight excluding hydrogens is 236 g/mol. The van der Waals surface area contributed by atoms with Gasteiger partial charge in [0.2, 0.25) is 0 Å². The number of sulfone groups is 1. The van der Waals surface area contributed by atoms with Crippen LogP contribution >= 0.6 is 12.4 Å². The Kier molecular flexibility index (Phi) is 5.20. The molecule has 0 aliphatic carbocycles. The molecule has 0 bridgehead atoms. The second-order valence-electron chi connectivity index (χ2n) is 3.21. The summed E-state index contributed by atoms with van der Waals surface area (Å²) in [6, 6.07) is 3.14. The second kappa shape index (κ2) is 5.44. The van der Waals surface area contributed by atoms with Crippen molar-refractivity contribution in [2.45, 2.75) is 24.4 Å². The van der Waals surface area contributed by atoms with Gasteiger partial charge in [0, 0.05) is 18.5 Å². The summed E-state index contributed by atoms with van der Waals surface area (Å²) in [5.41, 5.74) is 6.59. The summed E-state index contributed by atoms with van der Waals surface area (Å²) in [4.78, 5) is 3.78. The van der Waals surface area contributed by atoms with E-state index < -0.39 is 9.84 Å². The van der Waals surface area contributed by atoms with Gasteiger partial charge in [0.15, 0.2) is 14.9 Å². The molecule has 4 nitrogen and oxygen atoms in total. The minimum atomic E-state index is -3.23. The molecule has 2 N–H and O–H groups in total. The van der Waals surface area contributed by atoms with E-state index in [0.717, 1.165) is 18.2 Å². The van der Waals surface area contributed by atoms with Crippen LogP contribution in [-0.4, -0.2) is 19.7 Å². The van der Waals surface area contributed by atoms with E-state index in [0.29, 0.717) is 0 Å². The number of hydrogen-bond donors (Lipinski definition) is 1. The third-order valence-corrected chi connectivity index (χ3v) is 2.99.